The second-order valence-electron chi connectivity index (χ2n) is 5.02. The summed E-state index contributed by atoms with van der Waals surface area (Å²) in [6.07, 6.45) is 2.43. The van der Waals surface area contributed by atoms with Gasteiger partial charge in [-0.05, 0) is 45.0 Å². The molecule has 1 aromatic carbocycles. The third-order valence-corrected chi connectivity index (χ3v) is 3.36. The third-order valence-electron chi connectivity index (χ3n) is 3.36. The molecular formula is C14H19FN2O2. The Labute approximate surface area is 112 Å². The lowest BCUT2D eigenvalue weighted by Crippen LogP contribution is -2.33. The van der Waals surface area contributed by atoms with Crippen LogP contribution in [0, 0.1) is 5.82 Å². The number of likely N-dealkylation sites (tertiary alicyclic amines) is 1. The lowest BCUT2D eigenvalue weighted by atomic mass is 10.1. The maximum Gasteiger partial charge on any atom is 0.340 e. The Hall–Kier alpha value is -1.62. The predicted molar refractivity (Wildman–Crippen MR) is 72.1 cm³/mol. The fourth-order valence-electron chi connectivity index (χ4n) is 2.53. The summed E-state index contributed by atoms with van der Waals surface area (Å²) in [5.74, 6) is -1.94. The molecule has 1 aromatic rings. The van der Waals surface area contributed by atoms with Crippen LogP contribution in [0.4, 0.5) is 10.1 Å². The van der Waals surface area contributed by atoms with Crippen molar-refractivity contribution < 1.29 is 14.3 Å². The molecule has 104 valence electrons. The van der Waals surface area contributed by atoms with Crippen LogP contribution in [-0.2, 0) is 0 Å². The molecule has 0 saturated carbocycles. The Morgan fingerprint density at radius 1 is 1.47 bits per heavy atom. The maximum absolute atomic E-state index is 13.5. The number of carboxylic acid groups (broad SMARTS) is 1. The first-order chi connectivity index (χ1) is 9.08. The van der Waals surface area contributed by atoms with E-state index in [1.54, 1.807) is 6.07 Å². The number of nitrogens with one attached hydrogen (secondary N) is 1. The zero-order chi connectivity index (χ0) is 13.8. The maximum atomic E-state index is 13.5. The predicted octanol–water partition coefficient (Wildman–Crippen LogP) is 2.42. The topological polar surface area (TPSA) is 52.6 Å². The van der Waals surface area contributed by atoms with Gasteiger partial charge in [-0.25, -0.2) is 9.18 Å². The van der Waals surface area contributed by atoms with Gasteiger partial charge in [-0.1, -0.05) is 6.07 Å². The van der Waals surface area contributed by atoms with E-state index in [0.29, 0.717) is 5.69 Å². The molecule has 1 saturated heterocycles. The number of hydrogen-bond acceptors (Lipinski definition) is 3. The van der Waals surface area contributed by atoms with Crippen molar-refractivity contribution >= 4 is 11.7 Å². The van der Waals surface area contributed by atoms with E-state index in [-0.39, 0.29) is 11.6 Å². The summed E-state index contributed by atoms with van der Waals surface area (Å²) in [4.78, 5) is 13.4. The van der Waals surface area contributed by atoms with E-state index in [2.05, 4.69) is 10.2 Å². The number of benzene rings is 1. The SMILES string of the molecule is CC(CN1CCCC1)Nc1cccc(F)c1C(=O)O. The molecule has 2 rings (SSSR count). The van der Waals surface area contributed by atoms with Crippen LogP contribution in [0.3, 0.4) is 0 Å². The average molecular weight is 266 g/mol. The number of rotatable bonds is 5. The number of carbonyl (C=O) groups is 1. The van der Waals surface area contributed by atoms with Crippen molar-refractivity contribution in [1.29, 1.82) is 0 Å². The van der Waals surface area contributed by atoms with Crippen LogP contribution in [0.2, 0.25) is 0 Å². The van der Waals surface area contributed by atoms with Gasteiger partial charge in [0.15, 0.2) is 0 Å². The molecule has 0 aliphatic carbocycles. The summed E-state index contributed by atoms with van der Waals surface area (Å²) in [6.45, 7) is 4.99. The molecule has 5 heteroatoms. The summed E-state index contributed by atoms with van der Waals surface area (Å²) in [5.41, 5.74) is 0.0648. The van der Waals surface area contributed by atoms with Gasteiger partial charge >= 0.3 is 5.97 Å². The fourth-order valence-corrected chi connectivity index (χ4v) is 2.53. The number of aromatic carboxylic acids is 1. The highest BCUT2D eigenvalue weighted by molar-refractivity contribution is 5.94. The molecule has 0 bridgehead atoms. The summed E-state index contributed by atoms with van der Waals surface area (Å²) < 4.78 is 13.5. The first kappa shape index (κ1) is 13.8. The zero-order valence-electron chi connectivity index (χ0n) is 11.0. The molecule has 1 aliphatic rings. The van der Waals surface area contributed by atoms with E-state index in [1.807, 2.05) is 6.92 Å². The van der Waals surface area contributed by atoms with Crippen molar-refractivity contribution in [2.45, 2.75) is 25.8 Å². The van der Waals surface area contributed by atoms with Crippen LogP contribution in [0.15, 0.2) is 18.2 Å². The van der Waals surface area contributed by atoms with Crippen LogP contribution in [-0.4, -0.2) is 41.7 Å². The van der Waals surface area contributed by atoms with Crippen molar-refractivity contribution in [2.75, 3.05) is 25.0 Å². The lowest BCUT2D eigenvalue weighted by molar-refractivity contribution is 0.0693. The van der Waals surface area contributed by atoms with E-state index in [9.17, 15) is 9.18 Å². The van der Waals surface area contributed by atoms with Gasteiger partial charge in [-0.2, -0.15) is 0 Å². The van der Waals surface area contributed by atoms with E-state index >= 15 is 0 Å². The van der Waals surface area contributed by atoms with Crippen LogP contribution >= 0.6 is 0 Å². The van der Waals surface area contributed by atoms with Crippen LogP contribution in [0.5, 0.6) is 0 Å². The summed E-state index contributed by atoms with van der Waals surface area (Å²) >= 11 is 0. The molecule has 0 spiro atoms. The molecule has 1 unspecified atom stereocenters. The van der Waals surface area contributed by atoms with Gasteiger partial charge < -0.3 is 15.3 Å². The van der Waals surface area contributed by atoms with Gasteiger partial charge in [0.05, 0.1) is 5.69 Å². The molecule has 0 radical (unpaired) electrons. The van der Waals surface area contributed by atoms with Gasteiger partial charge in [0.25, 0.3) is 0 Å². The molecule has 19 heavy (non-hydrogen) atoms. The molecule has 1 aliphatic heterocycles. The van der Waals surface area contributed by atoms with Gasteiger partial charge in [0.2, 0.25) is 0 Å². The van der Waals surface area contributed by atoms with Gasteiger partial charge in [0, 0.05) is 12.6 Å². The number of carboxylic acids is 1. The minimum atomic E-state index is -1.24. The second-order valence-corrected chi connectivity index (χ2v) is 5.02. The van der Waals surface area contributed by atoms with E-state index in [1.165, 1.54) is 25.0 Å². The van der Waals surface area contributed by atoms with Gasteiger partial charge in [0.1, 0.15) is 11.4 Å². The quantitative estimate of drug-likeness (QED) is 0.859. The number of nitrogens with zero attached hydrogens (tertiary/aromatic N) is 1. The second kappa shape index (κ2) is 6.02. The van der Waals surface area contributed by atoms with Crippen molar-refractivity contribution in [1.82, 2.24) is 4.90 Å². The van der Waals surface area contributed by atoms with Gasteiger partial charge in [-0.15, -0.1) is 0 Å². The van der Waals surface area contributed by atoms with Crippen LogP contribution in [0.1, 0.15) is 30.1 Å². The van der Waals surface area contributed by atoms with Gasteiger partial charge in [-0.3, -0.25) is 0 Å². The highest BCUT2D eigenvalue weighted by atomic mass is 19.1. The first-order valence-corrected chi connectivity index (χ1v) is 6.58. The molecule has 0 amide bonds. The highest BCUT2D eigenvalue weighted by Crippen LogP contribution is 2.20. The van der Waals surface area contributed by atoms with Crippen molar-refractivity contribution in [3.8, 4) is 0 Å². The average Bonchev–Trinajstić information content (AvgIpc) is 2.81. The largest absolute Gasteiger partial charge is 0.478 e. The van der Waals surface area contributed by atoms with Crippen LogP contribution in [0.25, 0.3) is 0 Å². The molecule has 2 N–H and O–H groups in total. The van der Waals surface area contributed by atoms with E-state index in [0.717, 1.165) is 19.6 Å². The number of hydrogen-bond donors (Lipinski definition) is 2. The molecule has 1 atom stereocenters. The normalized spacial score (nSPS) is 17.4. The Balaban J connectivity index is 2.05. The number of anilines is 1. The van der Waals surface area contributed by atoms with Crippen LogP contribution < -0.4 is 5.32 Å². The third kappa shape index (κ3) is 3.44. The fraction of sp³-hybridized carbons (Fsp3) is 0.500. The Bertz CT molecular complexity index is 459. The Kier molecular flexibility index (Phi) is 4.37. The van der Waals surface area contributed by atoms with Crippen molar-refractivity contribution in [3.63, 3.8) is 0 Å². The zero-order valence-corrected chi connectivity index (χ0v) is 11.0. The molecule has 0 aromatic heterocycles. The molecule has 4 nitrogen and oxygen atoms in total. The van der Waals surface area contributed by atoms with Crippen molar-refractivity contribution in [3.05, 3.63) is 29.6 Å². The Morgan fingerprint density at radius 2 is 2.16 bits per heavy atom. The summed E-state index contributed by atoms with van der Waals surface area (Å²) in [6, 6.07) is 4.37. The minimum Gasteiger partial charge on any atom is -0.478 e. The standard InChI is InChI=1S/C14H19FN2O2/c1-10(9-17-7-2-3-8-17)16-12-6-4-5-11(15)13(12)14(18)19/h4-6,10,16H,2-3,7-9H2,1H3,(H,18,19). The lowest BCUT2D eigenvalue weighted by Gasteiger charge is -2.22. The summed E-state index contributed by atoms with van der Waals surface area (Å²) in [5, 5.41) is 12.2. The highest BCUT2D eigenvalue weighted by Gasteiger charge is 2.19. The first-order valence-electron chi connectivity index (χ1n) is 6.58. The molecule has 1 fully saturated rings. The smallest absolute Gasteiger partial charge is 0.340 e. The van der Waals surface area contributed by atoms with E-state index < -0.39 is 11.8 Å². The monoisotopic (exact) mass is 266 g/mol. The van der Waals surface area contributed by atoms with E-state index in [4.69, 9.17) is 5.11 Å². The van der Waals surface area contributed by atoms with Crippen molar-refractivity contribution in [2.24, 2.45) is 0 Å². The molecular weight excluding hydrogens is 247 g/mol. The minimum absolute atomic E-state index is 0.0815. The Morgan fingerprint density at radius 3 is 2.79 bits per heavy atom. The number of halogens is 1. The summed E-state index contributed by atoms with van der Waals surface area (Å²) in [7, 11) is 0. The molecule has 1 heterocycles.